The normalized spacial score (nSPS) is 19.3. The molecule has 0 aromatic heterocycles. The Morgan fingerprint density at radius 3 is 2.22 bits per heavy atom. The molecule has 2 unspecified atom stereocenters. The Bertz CT molecular complexity index is 1130. The van der Waals surface area contributed by atoms with Crippen LogP contribution in [0, 0.1) is 11.3 Å². The van der Waals surface area contributed by atoms with E-state index in [1.165, 1.54) is 11.1 Å². The van der Waals surface area contributed by atoms with E-state index in [0.29, 0.717) is 11.5 Å². The number of rotatable bonds is 10. The van der Waals surface area contributed by atoms with Gasteiger partial charge in [-0.2, -0.15) is 0 Å². The number of amides is 1. The molecule has 0 saturated heterocycles. The van der Waals surface area contributed by atoms with Gasteiger partial charge < -0.3 is 20.3 Å². The van der Waals surface area contributed by atoms with E-state index in [4.69, 9.17) is 9.84 Å². The Morgan fingerprint density at radius 1 is 1.05 bits per heavy atom. The van der Waals surface area contributed by atoms with E-state index >= 15 is 0 Å². The number of hydrogen-bond donors (Lipinski definition) is 3. The van der Waals surface area contributed by atoms with Gasteiger partial charge in [0.15, 0.2) is 6.10 Å². The zero-order valence-electron chi connectivity index (χ0n) is 22.4. The van der Waals surface area contributed by atoms with Crippen LogP contribution >= 0.6 is 0 Å². The van der Waals surface area contributed by atoms with Crippen LogP contribution in [0.2, 0.25) is 0 Å². The van der Waals surface area contributed by atoms with E-state index in [-0.39, 0.29) is 18.1 Å². The fourth-order valence-electron chi connectivity index (χ4n) is 4.45. The van der Waals surface area contributed by atoms with Crippen LogP contribution in [0.1, 0.15) is 75.0 Å². The molecule has 2 aromatic rings. The number of nitrogens with one attached hydrogen (secondary N) is 1. The van der Waals surface area contributed by atoms with Crippen molar-refractivity contribution in [2.75, 3.05) is 6.54 Å². The molecular weight excluding hydrogens is 466 g/mol. The van der Waals surface area contributed by atoms with Gasteiger partial charge in [0.2, 0.25) is 0 Å². The molecule has 1 aliphatic carbocycles. The van der Waals surface area contributed by atoms with E-state index in [1.54, 1.807) is 12.1 Å². The van der Waals surface area contributed by atoms with E-state index < -0.39 is 23.6 Å². The first-order valence-electron chi connectivity index (χ1n) is 12.8. The van der Waals surface area contributed by atoms with Crippen LogP contribution in [-0.2, 0) is 9.53 Å². The summed E-state index contributed by atoms with van der Waals surface area (Å²) in [5.74, 6) is -1.42. The fraction of sp³-hybridized carbons (Fsp3) is 0.419. The van der Waals surface area contributed by atoms with E-state index in [2.05, 4.69) is 70.3 Å². The number of carbonyl (C=O) groups excluding carboxylic acids is 1. The van der Waals surface area contributed by atoms with Crippen molar-refractivity contribution in [3.8, 4) is 0 Å². The second-order valence-electron chi connectivity index (χ2n) is 11.1. The van der Waals surface area contributed by atoms with E-state index in [0.717, 1.165) is 18.4 Å². The molecule has 198 valence electrons. The van der Waals surface area contributed by atoms with Gasteiger partial charge in [-0.15, -0.1) is 0 Å². The van der Waals surface area contributed by atoms with E-state index in [9.17, 15) is 14.7 Å². The molecule has 3 atom stereocenters. The summed E-state index contributed by atoms with van der Waals surface area (Å²) in [5, 5.41) is 20.7. The molecule has 1 aliphatic rings. The maximum Gasteiger partial charge on any atom is 0.334 e. The summed E-state index contributed by atoms with van der Waals surface area (Å²) in [4.78, 5) is 23.2. The average Bonchev–Trinajstić information content (AvgIpc) is 2.86. The van der Waals surface area contributed by atoms with Crippen molar-refractivity contribution < 1.29 is 24.5 Å². The molecule has 0 saturated carbocycles. The predicted octanol–water partition coefficient (Wildman–Crippen LogP) is 5.79. The van der Waals surface area contributed by atoms with Crippen molar-refractivity contribution in [1.29, 1.82) is 0 Å². The number of aliphatic carboxylic acids is 1. The van der Waals surface area contributed by atoms with Crippen LogP contribution in [0.25, 0.3) is 5.57 Å². The van der Waals surface area contributed by atoms with Crippen molar-refractivity contribution >= 4 is 17.4 Å². The first-order chi connectivity index (χ1) is 17.4. The molecule has 0 radical (unpaired) electrons. The Hall–Kier alpha value is -3.22. The molecule has 0 fully saturated rings. The number of carboxylic acids is 1. The van der Waals surface area contributed by atoms with Gasteiger partial charge in [-0.05, 0) is 53.0 Å². The Labute approximate surface area is 220 Å². The highest BCUT2D eigenvalue weighted by Crippen LogP contribution is 2.46. The number of aliphatic hydroxyl groups is 1. The maximum atomic E-state index is 12.4. The topological polar surface area (TPSA) is 95.9 Å². The summed E-state index contributed by atoms with van der Waals surface area (Å²) in [6, 6.07) is 17.5. The largest absolute Gasteiger partial charge is 0.479 e. The predicted molar refractivity (Wildman–Crippen MR) is 146 cm³/mol. The Morgan fingerprint density at radius 2 is 1.70 bits per heavy atom. The molecule has 3 rings (SSSR count). The first-order valence-corrected chi connectivity index (χ1v) is 12.8. The third-order valence-electron chi connectivity index (χ3n) is 6.86. The smallest absolute Gasteiger partial charge is 0.334 e. The second kappa shape index (κ2) is 11.9. The maximum absolute atomic E-state index is 12.4. The average molecular weight is 506 g/mol. The molecule has 2 aromatic carbocycles. The number of carbonyl (C=O) groups is 2. The minimum absolute atomic E-state index is 0.164. The summed E-state index contributed by atoms with van der Waals surface area (Å²) >= 11 is 0. The number of hydrogen-bond acceptors (Lipinski definition) is 4. The molecule has 37 heavy (non-hydrogen) atoms. The highest BCUT2D eigenvalue weighted by molar-refractivity contribution is 5.94. The molecule has 1 amide bonds. The quantitative estimate of drug-likeness (QED) is 0.380. The SMILES string of the molecule is CC(C)CC(OC1(C(C)(C)C)C=CC(c2ccccc2)=CC1)c1ccc(C(=O)NC[C@@H](O)C(=O)O)cc1. The summed E-state index contributed by atoms with van der Waals surface area (Å²) in [7, 11) is 0. The van der Waals surface area contributed by atoms with Crippen LogP contribution < -0.4 is 5.32 Å². The van der Waals surface area contributed by atoms with Gasteiger partial charge in [-0.25, -0.2) is 4.79 Å². The summed E-state index contributed by atoms with van der Waals surface area (Å²) in [6.07, 6.45) is 6.37. The van der Waals surface area contributed by atoms with Crippen molar-refractivity contribution in [2.45, 2.75) is 65.3 Å². The summed E-state index contributed by atoms with van der Waals surface area (Å²) < 4.78 is 7.00. The van der Waals surface area contributed by atoms with Crippen molar-refractivity contribution in [1.82, 2.24) is 5.32 Å². The lowest BCUT2D eigenvalue weighted by atomic mass is 9.71. The number of carboxylic acid groups (broad SMARTS) is 1. The molecule has 0 bridgehead atoms. The monoisotopic (exact) mass is 505 g/mol. The third kappa shape index (κ3) is 7.18. The highest BCUT2D eigenvalue weighted by atomic mass is 16.5. The third-order valence-corrected chi connectivity index (χ3v) is 6.86. The van der Waals surface area contributed by atoms with Gasteiger partial charge in [0, 0.05) is 5.56 Å². The van der Waals surface area contributed by atoms with Gasteiger partial charge in [-0.3, -0.25) is 4.79 Å². The van der Waals surface area contributed by atoms with Crippen molar-refractivity contribution in [3.63, 3.8) is 0 Å². The van der Waals surface area contributed by atoms with Crippen LogP contribution in [0.15, 0.2) is 72.8 Å². The van der Waals surface area contributed by atoms with Crippen LogP contribution in [0.3, 0.4) is 0 Å². The van der Waals surface area contributed by atoms with Crippen LogP contribution in [-0.4, -0.2) is 40.3 Å². The van der Waals surface area contributed by atoms with Crippen LogP contribution in [0.4, 0.5) is 0 Å². The molecule has 0 spiro atoms. The number of ether oxygens (including phenoxy) is 1. The number of benzene rings is 2. The summed E-state index contributed by atoms with van der Waals surface area (Å²) in [6.45, 7) is 10.6. The molecule has 0 aliphatic heterocycles. The van der Waals surface area contributed by atoms with Gasteiger partial charge in [0.25, 0.3) is 5.91 Å². The molecule has 6 nitrogen and oxygen atoms in total. The fourth-order valence-corrected chi connectivity index (χ4v) is 4.45. The number of allylic oxidation sites excluding steroid dienone is 2. The van der Waals surface area contributed by atoms with Gasteiger partial charge in [0.1, 0.15) is 0 Å². The Kier molecular flexibility index (Phi) is 9.11. The molecule has 6 heteroatoms. The first kappa shape index (κ1) is 28.4. The number of aliphatic hydroxyl groups excluding tert-OH is 1. The van der Waals surface area contributed by atoms with E-state index in [1.807, 2.05) is 30.3 Å². The zero-order valence-corrected chi connectivity index (χ0v) is 22.4. The zero-order chi connectivity index (χ0) is 27.2. The van der Waals surface area contributed by atoms with Gasteiger partial charge in [0.05, 0.1) is 18.2 Å². The minimum Gasteiger partial charge on any atom is -0.479 e. The lowest BCUT2D eigenvalue weighted by Crippen LogP contribution is -2.45. The lowest BCUT2D eigenvalue weighted by Gasteiger charge is -2.46. The summed E-state index contributed by atoms with van der Waals surface area (Å²) in [5.41, 5.74) is 3.07. The standard InChI is InChI=1S/C31H39NO5/c1-21(2)19-27(24-11-13-25(14-12-24)28(34)32-20-26(33)29(35)36)37-31(30(3,4)5)17-15-23(16-18-31)22-9-7-6-8-10-22/h6-17,21,26-27,33H,18-20H2,1-5H3,(H,32,34)(H,35,36)/t26-,27?,31?/m1/s1. The molecule has 0 heterocycles. The highest BCUT2D eigenvalue weighted by Gasteiger charge is 2.43. The lowest BCUT2D eigenvalue weighted by molar-refractivity contribution is -0.146. The second-order valence-corrected chi connectivity index (χ2v) is 11.1. The van der Waals surface area contributed by atoms with Crippen LogP contribution in [0.5, 0.6) is 0 Å². The van der Waals surface area contributed by atoms with Crippen molar-refractivity contribution in [2.24, 2.45) is 11.3 Å². The minimum atomic E-state index is -1.64. The van der Waals surface area contributed by atoms with Gasteiger partial charge in [-0.1, -0.05) is 95.3 Å². The Balaban J connectivity index is 1.82. The van der Waals surface area contributed by atoms with Crippen molar-refractivity contribution in [3.05, 3.63) is 89.5 Å². The molecule has 3 N–H and O–H groups in total. The van der Waals surface area contributed by atoms with Gasteiger partial charge >= 0.3 is 5.97 Å². The molecular formula is C31H39NO5.